The van der Waals surface area contributed by atoms with Crippen LogP contribution in [0.4, 0.5) is 0 Å². The maximum atomic E-state index is 5.37. The zero-order valence-corrected chi connectivity index (χ0v) is 10.9. The average molecular weight is 245 g/mol. The van der Waals surface area contributed by atoms with Crippen molar-refractivity contribution in [2.24, 2.45) is 7.05 Å². The van der Waals surface area contributed by atoms with Crippen LogP contribution >= 0.6 is 0 Å². The molecule has 1 saturated heterocycles. The second kappa shape index (κ2) is 4.71. The van der Waals surface area contributed by atoms with Gasteiger partial charge in [-0.05, 0) is 25.5 Å². The normalized spacial score (nSPS) is 19.8. The Morgan fingerprint density at radius 2 is 2.39 bits per heavy atom. The lowest BCUT2D eigenvalue weighted by Gasteiger charge is -2.08. The SMILES string of the molecule is Cc1ccc2c(c1)c(CNC1CCOC1)nn2C. The van der Waals surface area contributed by atoms with Gasteiger partial charge in [-0.2, -0.15) is 5.10 Å². The number of aryl methyl sites for hydroxylation is 2. The fraction of sp³-hybridized carbons (Fsp3) is 0.500. The number of rotatable bonds is 3. The summed E-state index contributed by atoms with van der Waals surface area (Å²) in [5, 5.41) is 9.38. The Kier molecular flexibility index (Phi) is 3.06. The van der Waals surface area contributed by atoms with Crippen LogP contribution in [0.5, 0.6) is 0 Å². The number of ether oxygens (including phenoxy) is 1. The third-order valence-electron chi connectivity index (χ3n) is 3.57. The van der Waals surface area contributed by atoms with E-state index in [0.29, 0.717) is 6.04 Å². The molecule has 2 heterocycles. The van der Waals surface area contributed by atoms with E-state index in [2.05, 4.69) is 35.5 Å². The van der Waals surface area contributed by atoms with Gasteiger partial charge in [-0.3, -0.25) is 4.68 Å². The Labute approximate surface area is 107 Å². The first-order valence-electron chi connectivity index (χ1n) is 6.47. The number of nitrogens with one attached hydrogen (secondary N) is 1. The first-order chi connectivity index (χ1) is 8.74. The molecule has 2 aromatic rings. The molecule has 0 aliphatic carbocycles. The van der Waals surface area contributed by atoms with E-state index in [4.69, 9.17) is 4.74 Å². The summed E-state index contributed by atoms with van der Waals surface area (Å²) < 4.78 is 7.32. The van der Waals surface area contributed by atoms with Crippen LogP contribution in [0.1, 0.15) is 17.7 Å². The second-order valence-corrected chi connectivity index (χ2v) is 5.03. The summed E-state index contributed by atoms with van der Waals surface area (Å²) in [4.78, 5) is 0. The molecule has 0 saturated carbocycles. The molecule has 3 rings (SSSR count). The van der Waals surface area contributed by atoms with Crippen LogP contribution in [0, 0.1) is 6.92 Å². The van der Waals surface area contributed by atoms with Crippen molar-refractivity contribution in [3.05, 3.63) is 29.5 Å². The highest BCUT2D eigenvalue weighted by molar-refractivity contribution is 5.82. The lowest BCUT2D eigenvalue weighted by molar-refractivity contribution is 0.189. The number of benzene rings is 1. The maximum Gasteiger partial charge on any atom is 0.0841 e. The zero-order valence-electron chi connectivity index (χ0n) is 10.9. The number of fused-ring (bicyclic) bond motifs is 1. The van der Waals surface area contributed by atoms with Crippen molar-refractivity contribution in [3.63, 3.8) is 0 Å². The Hall–Kier alpha value is -1.39. The lowest BCUT2D eigenvalue weighted by Crippen LogP contribution is -2.28. The quantitative estimate of drug-likeness (QED) is 0.895. The van der Waals surface area contributed by atoms with Gasteiger partial charge in [0.1, 0.15) is 0 Å². The molecular formula is C14H19N3O. The minimum absolute atomic E-state index is 0.479. The van der Waals surface area contributed by atoms with Crippen molar-refractivity contribution < 1.29 is 4.74 Å². The Balaban J connectivity index is 1.84. The second-order valence-electron chi connectivity index (χ2n) is 5.03. The van der Waals surface area contributed by atoms with Crippen LogP contribution in [0.2, 0.25) is 0 Å². The Morgan fingerprint density at radius 3 is 3.17 bits per heavy atom. The zero-order chi connectivity index (χ0) is 12.5. The molecule has 0 amide bonds. The van der Waals surface area contributed by atoms with Crippen molar-refractivity contribution in [1.82, 2.24) is 15.1 Å². The van der Waals surface area contributed by atoms with Crippen molar-refractivity contribution in [1.29, 1.82) is 0 Å². The van der Waals surface area contributed by atoms with Gasteiger partial charge in [0.2, 0.25) is 0 Å². The van der Waals surface area contributed by atoms with Gasteiger partial charge >= 0.3 is 0 Å². The summed E-state index contributed by atoms with van der Waals surface area (Å²) in [7, 11) is 2.00. The minimum atomic E-state index is 0.479. The maximum absolute atomic E-state index is 5.37. The van der Waals surface area contributed by atoms with Crippen LogP contribution in [0.15, 0.2) is 18.2 Å². The average Bonchev–Trinajstić information content (AvgIpc) is 2.95. The molecule has 4 nitrogen and oxygen atoms in total. The summed E-state index contributed by atoms with van der Waals surface area (Å²) in [6.45, 7) is 4.63. The molecule has 0 radical (unpaired) electrons. The van der Waals surface area contributed by atoms with E-state index in [-0.39, 0.29) is 0 Å². The van der Waals surface area contributed by atoms with E-state index in [1.54, 1.807) is 0 Å². The van der Waals surface area contributed by atoms with Crippen molar-refractivity contribution in [3.8, 4) is 0 Å². The Bertz CT molecular complexity index is 555. The molecule has 18 heavy (non-hydrogen) atoms. The molecule has 0 spiro atoms. The highest BCUT2D eigenvalue weighted by Gasteiger charge is 2.16. The van der Waals surface area contributed by atoms with Crippen LogP contribution < -0.4 is 5.32 Å². The van der Waals surface area contributed by atoms with Crippen molar-refractivity contribution >= 4 is 10.9 Å². The van der Waals surface area contributed by atoms with Gasteiger partial charge < -0.3 is 10.1 Å². The molecule has 96 valence electrons. The predicted molar refractivity (Wildman–Crippen MR) is 71.5 cm³/mol. The summed E-state index contributed by atoms with van der Waals surface area (Å²) in [6, 6.07) is 6.96. The highest BCUT2D eigenvalue weighted by Crippen LogP contribution is 2.19. The highest BCUT2D eigenvalue weighted by atomic mass is 16.5. The van der Waals surface area contributed by atoms with Gasteiger partial charge in [-0.15, -0.1) is 0 Å². The summed E-state index contributed by atoms with van der Waals surface area (Å²) in [6.07, 6.45) is 1.10. The summed E-state index contributed by atoms with van der Waals surface area (Å²) in [5.41, 5.74) is 3.60. The predicted octanol–water partition coefficient (Wildman–Crippen LogP) is 1.76. The summed E-state index contributed by atoms with van der Waals surface area (Å²) >= 11 is 0. The molecule has 1 atom stereocenters. The number of aromatic nitrogens is 2. The van der Waals surface area contributed by atoms with E-state index in [1.165, 1.54) is 16.5 Å². The van der Waals surface area contributed by atoms with E-state index in [0.717, 1.165) is 31.9 Å². The first-order valence-corrected chi connectivity index (χ1v) is 6.47. The van der Waals surface area contributed by atoms with E-state index in [9.17, 15) is 0 Å². The topological polar surface area (TPSA) is 39.1 Å². The van der Waals surface area contributed by atoms with Gasteiger partial charge in [0.25, 0.3) is 0 Å². The largest absolute Gasteiger partial charge is 0.380 e. The monoisotopic (exact) mass is 245 g/mol. The molecule has 1 aromatic heterocycles. The third kappa shape index (κ3) is 2.13. The van der Waals surface area contributed by atoms with Gasteiger partial charge in [0.15, 0.2) is 0 Å². The van der Waals surface area contributed by atoms with Crippen LogP contribution in [0.3, 0.4) is 0 Å². The van der Waals surface area contributed by atoms with Crippen LogP contribution in [-0.4, -0.2) is 29.0 Å². The molecule has 1 N–H and O–H groups in total. The number of hydrogen-bond donors (Lipinski definition) is 1. The van der Waals surface area contributed by atoms with Gasteiger partial charge in [-0.1, -0.05) is 11.6 Å². The molecule has 1 aromatic carbocycles. The van der Waals surface area contributed by atoms with Crippen molar-refractivity contribution in [2.75, 3.05) is 13.2 Å². The molecule has 1 unspecified atom stereocenters. The fourth-order valence-corrected chi connectivity index (χ4v) is 2.52. The molecule has 1 aliphatic heterocycles. The lowest BCUT2D eigenvalue weighted by atomic mass is 10.1. The molecule has 4 heteroatoms. The molecular weight excluding hydrogens is 226 g/mol. The third-order valence-corrected chi connectivity index (χ3v) is 3.57. The van der Waals surface area contributed by atoms with E-state index >= 15 is 0 Å². The number of nitrogens with zero attached hydrogens (tertiary/aromatic N) is 2. The van der Waals surface area contributed by atoms with Gasteiger partial charge in [0, 0.05) is 31.6 Å². The van der Waals surface area contributed by atoms with Gasteiger partial charge in [0.05, 0.1) is 17.8 Å². The molecule has 1 fully saturated rings. The van der Waals surface area contributed by atoms with Crippen LogP contribution in [-0.2, 0) is 18.3 Å². The van der Waals surface area contributed by atoms with E-state index in [1.807, 2.05) is 11.7 Å². The minimum Gasteiger partial charge on any atom is -0.380 e. The first kappa shape index (κ1) is 11.7. The smallest absolute Gasteiger partial charge is 0.0841 e. The molecule has 0 bridgehead atoms. The van der Waals surface area contributed by atoms with E-state index < -0.39 is 0 Å². The Morgan fingerprint density at radius 1 is 1.50 bits per heavy atom. The molecule has 1 aliphatic rings. The van der Waals surface area contributed by atoms with Gasteiger partial charge in [-0.25, -0.2) is 0 Å². The summed E-state index contributed by atoms with van der Waals surface area (Å²) in [5.74, 6) is 0. The standard InChI is InChI=1S/C14H19N3O/c1-10-3-4-14-12(7-10)13(16-17(14)2)8-15-11-5-6-18-9-11/h3-4,7,11,15H,5-6,8-9H2,1-2H3. The fourth-order valence-electron chi connectivity index (χ4n) is 2.52. The van der Waals surface area contributed by atoms with Crippen LogP contribution in [0.25, 0.3) is 10.9 Å². The number of hydrogen-bond acceptors (Lipinski definition) is 3. The van der Waals surface area contributed by atoms with Crippen molar-refractivity contribution in [2.45, 2.75) is 25.9 Å².